The zero-order chi connectivity index (χ0) is 12.3. The van der Waals surface area contributed by atoms with E-state index in [4.69, 9.17) is 4.42 Å². The number of carbonyl (C=O) groups excluding carboxylic acids is 1. The van der Waals surface area contributed by atoms with Crippen LogP contribution in [0, 0.1) is 12.3 Å². The van der Waals surface area contributed by atoms with Crippen LogP contribution in [0.5, 0.6) is 0 Å². The average molecular weight is 236 g/mol. The molecule has 1 fully saturated rings. The first-order chi connectivity index (χ1) is 8.11. The van der Waals surface area contributed by atoms with Crippen molar-refractivity contribution in [1.82, 2.24) is 10.6 Å². The minimum atomic E-state index is -0.104. The van der Waals surface area contributed by atoms with Gasteiger partial charge in [-0.3, -0.25) is 4.79 Å². The summed E-state index contributed by atoms with van der Waals surface area (Å²) in [6.07, 6.45) is 3.76. The van der Waals surface area contributed by atoms with Gasteiger partial charge in [-0.15, -0.1) is 0 Å². The van der Waals surface area contributed by atoms with Gasteiger partial charge in [-0.1, -0.05) is 6.92 Å². The Balaban J connectivity index is 1.90. The van der Waals surface area contributed by atoms with E-state index in [-0.39, 0.29) is 11.3 Å². The molecule has 2 heterocycles. The van der Waals surface area contributed by atoms with Crippen LogP contribution in [-0.4, -0.2) is 25.5 Å². The Morgan fingerprint density at radius 3 is 2.82 bits per heavy atom. The van der Waals surface area contributed by atoms with Gasteiger partial charge in [0, 0.05) is 12.1 Å². The number of piperidine rings is 1. The third-order valence-corrected chi connectivity index (χ3v) is 3.55. The summed E-state index contributed by atoms with van der Waals surface area (Å²) in [6, 6.07) is 1.81. The van der Waals surface area contributed by atoms with Crippen LogP contribution >= 0.6 is 0 Å². The Morgan fingerprint density at radius 2 is 2.24 bits per heavy atom. The van der Waals surface area contributed by atoms with Crippen molar-refractivity contribution < 1.29 is 9.21 Å². The first-order valence-corrected chi connectivity index (χ1v) is 6.14. The number of rotatable bonds is 3. The van der Waals surface area contributed by atoms with E-state index >= 15 is 0 Å². The highest BCUT2D eigenvalue weighted by atomic mass is 16.3. The van der Waals surface area contributed by atoms with Gasteiger partial charge in [0.05, 0.1) is 6.26 Å². The molecule has 0 atom stereocenters. The highest BCUT2D eigenvalue weighted by molar-refractivity contribution is 5.92. The standard InChI is InChI=1S/C13H20N2O2/c1-10-3-8-17-11(10)12(16)15-9-13(2)4-6-14-7-5-13/h3,8,14H,4-7,9H2,1-2H3,(H,15,16). The Bertz CT molecular complexity index is 392. The minimum Gasteiger partial charge on any atom is -0.459 e. The number of amides is 1. The highest BCUT2D eigenvalue weighted by Gasteiger charge is 2.27. The van der Waals surface area contributed by atoms with Crippen LogP contribution in [-0.2, 0) is 0 Å². The van der Waals surface area contributed by atoms with Gasteiger partial charge < -0.3 is 15.1 Å². The molecule has 1 amide bonds. The van der Waals surface area contributed by atoms with Gasteiger partial charge >= 0.3 is 0 Å². The quantitative estimate of drug-likeness (QED) is 0.840. The molecule has 0 aromatic carbocycles. The maximum atomic E-state index is 11.9. The van der Waals surface area contributed by atoms with Gasteiger partial charge in [-0.25, -0.2) is 0 Å². The Labute approximate surface area is 102 Å². The molecule has 0 aliphatic carbocycles. The van der Waals surface area contributed by atoms with E-state index in [0.29, 0.717) is 12.3 Å². The number of carbonyl (C=O) groups is 1. The Morgan fingerprint density at radius 1 is 1.53 bits per heavy atom. The Kier molecular flexibility index (Phi) is 3.52. The van der Waals surface area contributed by atoms with Crippen LogP contribution in [0.3, 0.4) is 0 Å². The predicted molar refractivity (Wildman–Crippen MR) is 66.0 cm³/mol. The van der Waals surface area contributed by atoms with E-state index in [0.717, 1.165) is 31.5 Å². The van der Waals surface area contributed by atoms with Crippen LogP contribution in [0.1, 0.15) is 35.9 Å². The molecule has 0 radical (unpaired) electrons. The minimum absolute atomic E-state index is 0.104. The highest BCUT2D eigenvalue weighted by Crippen LogP contribution is 2.26. The second kappa shape index (κ2) is 4.92. The summed E-state index contributed by atoms with van der Waals surface area (Å²) in [5.41, 5.74) is 1.10. The third kappa shape index (κ3) is 2.88. The number of aryl methyl sites for hydroxylation is 1. The zero-order valence-corrected chi connectivity index (χ0v) is 10.5. The first-order valence-electron chi connectivity index (χ1n) is 6.14. The molecule has 0 spiro atoms. The van der Waals surface area contributed by atoms with E-state index in [2.05, 4.69) is 17.6 Å². The summed E-state index contributed by atoms with van der Waals surface area (Å²) in [5, 5.41) is 6.31. The van der Waals surface area contributed by atoms with Crippen LogP contribution in [0.4, 0.5) is 0 Å². The van der Waals surface area contributed by atoms with Gasteiger partial charge in [-0.05, 0) is 44.3 Å². The van der Waals surface area contributed by atoms with E-state index in [1.54, 1.807) is 12.3 Å². The van der Waals surface area contributed by atoms with E-state index in [1.807, 2.05) is 6.92 Å². The molecule has 1 aromatic heterocycles. The second-order valence-electron chi connectivity index (χ2n) is 5.18. The van der Waals surface area contributed by atoms with Crippen molar-refractivity contribution >= 4 is 5.91 Å². The van der Waals surface area contributed by atoms with Gasteiger partial charge in [-0.2, -0.15) is 0 Å². The lowest BCUT2D eigenvalue weighted by molar-refractivity contribution is 0.0893. The molecular formula is C13H20N2O2. The van der Waals surface area contributed by atoms with Crippen molar-refractivity contribution in [3.63, 3.8) is 0 Å². The lowest BCUT2D eigenvalue weighted by Gasteiger charge is -2.34. The largest absolute Gasteiger partial charge is 0.459 e. The third-order valence-electron chi connectivity index (χ3n) is 3.55. The number of hydrogen-bond acceptors (Lipinski definition) is 3. The SMILES string of the molecule is Cc1ccoc1C(=O)NCC1(C)CCNCC1. The summed E-state index contributed by atoms with van der Waals surface area (Å²) >= 11 is 0. The molecule has 0 bridgehead atoms. The van der Waals surface area contributed by atoms with Crippen LogP contribution in [0.25, 0.3) is 0 Å². The maximum Gasteiger partial charge on any atom is 0.287 e. The van der Waals surface area contributed by atoms with Crippen molar-refractivity contribution in [1.29, 1.82) is 0 Å². The topological polar surface area (TPSA) is 54.3 Å². The lowest BCUT2D eigenvalue weighted by atomic mass is 9.81. The second-order valence-corrected chi connectivity index (χ2v) is 5.18. The van der Waals surface area contributed by atoms with Crippen LogP contribution < -0.4 is 10.6 Å². The predicted octanol–water partition coefficient (Wildman–Crippen LogP) is 1.71. The summed E-state index contributed by atoms with van der Waals surface area (Å²) in [7, 11) is 0. The van der Waals surface area contributed by atoms with Gasteiger partial charge in [0.25, 0.3) is 5.91 Å². The van der Waals surface area contributed by atoms with Crippen molar-refractivity contribution in [3.05, 3.63) is 23.7 Å². The zero-order valence-electron chi connectivity index (χ0n) is 10.5. The molecule has 4 nitrogen and oxygen atoms in total. The monoisotopic (exact) mass is 236 g/mol. The fraction of sp³-hybridized carbons (Fsp3) is 0.615. The number of hydrogen-bond donors (Lipinski definition) is 2. The van der Waals surface area contributed by atoms with Crippen LogP contribution in [0.2, 0.25) is 0 Å². The van der Waals surface area contributed by atoms with Crippen molar-refractivity contribution in [2.75, 3.05) is 19.6 Å². The van der Waals surface area contributed by atoms with Crippen molar-refractivity contribution in [2.24, 2.45) is 5.41 Å². The molecule has 94 valence electrons. The maximum absolute atomic E-state index is 11.9. The molecule has 17 heavy (non-hydrogen) atoms. The molecule has 0 unspecified atom stereocenters. The molecule has 1 saturated heterocycles. The molecular weight excluding hydrogens is 216 g/mol. The molecule has 2 rings (SSSR count). The number of furan rings is 1. The fourth-order valence-corrected chi connectivity index (χ4v) is 2.19. The lowest BCUT2D eigenvalue weighted by Crippen LogP contribution is -2.42. The molecule has 1 aliphatic heterocycles. The molecule has 2 N–H and O–H groups in total. The number of nitrogens with one attached hydrogen (secondary N) is 2. The van der Waals surface area contributed by atoms with E-state index in [9.17, 15) is 4.79 Å². The van der Waals surface area contributed by atoms with E-state index in [1.165, 1.54) is 0 Å². The Hall–Kier alpha value is -1.29. The first kappa shape index (κ1) is 12.2. The summed E-state index contributed by atoms with van der Waals surface area (Å²) in [4.78, 5) is 11.9. The summed E-state index contributed by atoms with van der Waals surface area (Å²) < 4.78 is 5.17. The summed E-state index contributed by atoms with van der Waals surface area (Å²) in [6.45, 7) is 6.89. The van der Waals surface area contributed by atoms with Gasteiger partial charge in [0.15, 0.2) is 5.76 Å². The van der Waals surface area contributed by atoms with Gasteiger partial charge in [0.2, 0.25) is 0 Å². The fourth-order valence-electron chi connectivity index (χ4n) is 2.19. The van der Waals surface area contributed by atoms with E-state index < -0.39 is 0 Å². The molecule has 1 aromatic rings. The smallest absolute Gasteiger partial charge is 0.287 e. The van der Waals surface area contributed by atoms with Crippen molar-refractivity contribution in [3.8, 4) is 0 Å². The van der Waals surface area contributed by atoms with Gasteiger partial charge in [0.1, 0.15) is 0 Å². The van der Waals surface area contributed by atoms with Crippen molar-refractivity contribution in [2.45, 2.75) is 26.7 Å². The average Bonchev–Trinajstić information content (AvgIpc) is 2.74. The van der Waals surface area contributed by atoms with Crippen LogP contribution in [0.15, 0.2) is 16.7 Å². The summed E-state index contributed by atoms with van der Waals surface area (Å²) in [5.74, 6) is 0.329. The molecule has 4 heteroatoms. The molecule has 0 saturated carbocycles. The molecule has 1 aliphatic rings. The normalized spacial score (nSPS) is 18.9.